The van der Waals surface area contributed by atoms with Gasteiger partial charge in [-0.3, -0.25) is 10.1 Å². The maximum Gasteiger partial charge on any atom is 0.522 e. The van der Waals surface area contributed by atoms with Crippen molar-refractivity contribution in [1.29, 1.82) is 0 Å². The fraction of sp³-hybridized carbons (Fsp3) is 1.00. The zero-order valence-corrected chi connectivity index (χ0v) is 16.5. The molecule has 2 saturated carbocycles. The van der Waals surface area contributed by atoms with Gasteiger partial charge in [-0.05, 0) is 69.6 Å². The van der Waals surface area contributed by atoms with Gasteiger partial charge in [0.05, 0.1) is 12.0 Å². The Morgan fingerprint density at radius 2 is 1.43 bits per heavy atom. The van der Waals surface area contributed by atoms with Crippen molar-refractivity contribution in [3.63, 3.8) is 0 Å². The molecule has 2 fully saturated rings. The van der Waals surface area contributed by atoms with E-state index in [9.17, 15) is 31.4 Å². The van der Waals surface area contributed by atoms with Gasteiger partial charge in [0.1, 0.15) is 6.23 Å². The number of hydrogen-bond donors (Lipinski definition) is 3. The number of nitrogens with one attached hydrogen (secondary N) is 1. The Balaban J connectivity index is 1.62. The molecular weight excluding hydrogens is 408 g/mol. The summed E-state index contributed by atoms with van der Waals surface area (Å²) in [6, 6.07) is 0. The molecule has 2 rings (SSSR count). The zero-order chi connectivity index (χ0) is 20.9. The summed E-state index contributed by atoms with van der Waals surface area (Å²) in [5, 5.41) is 12.8. The van der Waals surface area contributed by atoms with Crippen LogP contribution in [-0.4, -0.2) is 41.8 Å². The van der Waals surface area contributed by atoms with Gasteiger partial charge in [0.2, 0.25) is 0 Å². The van der Waals surface area contributed by atoms with Gasteiger partial charge in [0.15, 0.2) is 0 Å². The summed E-state index contributed by atoms with van der Waals surface area (Å²) in [6.07, 6.45) is -6.85. The molecule has 0 aromatic rings. The molecule has 0 aromatic heterocycles. The van der Waals surface area contributed by atoms with Crippen molar-refractivity contribution < 1.29 is 36.2 Å². The van der Waals surface area contributed by atoms with Gasteiger partial charge in [-0.15, -0.1) is 13.2 Å². The van der Waals surface area contributed by atoms with Crippen molar-refractivity contribution in [3.8, 4) is 0 Å². The summed E-state index contributed by atoms with van der Waals surface area (Å²) in [4.78, 5) is 0. The number of aliphatic hydroxyl groups excluding tert-OH is 1. The van der Waals surface area contributed by atoms with Crippen LogP contribution in [0.3, 0.4) is 0 Å². The summed E-state index contributed by atoms with van der Waals surface area (Å²) >= 11 is 4.39. The van der Waals surface area contributed by atoms with Crippen molar-refractivity contribution in [3.05, 3.63) is 0 Å². The molecule has 3 nitrogen and oxygen atoms in total. The van der Waals surface area contributed by atoms with E-state index < -0.39 is 36.0 Å². The van der Waals surface area contributed by atoms with E-state index in [1.165, 1.54) is 0 Å². The number of ether oxygens (including phenoxy) is 1. The molecule has 0 aromatic carbocycles. The highest BCUT2D eigenvalue weighted by molar-refractivity contribution is 7.81. The summed E-state index contributed by atoms with van der Waals surface area (Å²) in [7, 11) is 0. The van der Waals surface area contributed by atoms with Crippen LogP contribution in [-0.2, 0) is 4.74 Å². The van der Waals surface area contributed by atoms with Crippen LogP contribution in [0.5, 0.6) is 0 Å². The third-order valence-electron chi connectivity index (χ3n) is 5.96. The molecule has 0 aliphatic heterocycles. The van der Waals surface area contributed by atoms with E-state index in [1.54, 1.807) is 0 Å². The lowest BCUT2D eigenvalue weighted by atomic mass is 9.79. The van der Waals surface area contributed by atoms with E-state index in [0.717, 1.165) is 0 Å². The van der Waals surface area contributed by atoms with Crippen LogP contribution < -0.4 is 5.32 Å². The fourth-order valence-electron chi connectivity index (χ4n) is 4.26. The number of thiol groups is 1. The first-order chi connectivity index (χ1) is 12.9. The first-order valence-corrected chi connectivity index (χ1v) is 10.4. The molecule has 0 heterocycles. The van der Waals surface area contributed by atoms with Crippen LogP contribution in [0.4, 0.5) is 26.3 Å². The van der Waals surface area contributed by atoms with Crippen molar-refractivity contribution in [2.75, 3.05) is 6.54 Å². The predicted molar refractivity (Wildman–Crippen MR) is 95.8 cm³/mol. The lowest BCUT2D eigenvalue weighted by molar-refractivity contribution is -0.345. The van der Waals surface area contributed by atoms with E-state index in [-0.39, 0.29) is 24.7 Å². The van der Waals surface area contributed by atoms with Crippen LogP contribution in [0.1, 0.15) is 57.8 Å². The van der Waals surface area contributed by atoms with Gasteiger partial charge >= 0.3 is 12.5 Å². The number of rotatable bonds is 7. The Morgan fingerprint density at radius 3 is 1.93 bits per heavy atom. The lowest BCUT2D eigenvalue weighted by Gasteiger charge is -2.33. The SMILES string of the molecule is OC(NCC1CCC(OC(F)(F)F)CC1)C(S)CC1CCC(C(F)(F)F)CC1. The second kappa shape index (κ2) is 10.2. The maximum atomic E-state index is 12.7. The molecule has 0 saturated heterocycles. The quantitative estimate of drug-likeness (QED) is 0.297. The molecule has 0 bridgehead atoms. The molecule has 0 spiro atoms. The number of halogens is 6. The molecule has 10 heteroatoms. The molecule has 2 atom stereocenters. The predicted octanol–water partition coefficient (Wildman–Crippen LogP) is 5.05. The third-order valence-corrected chi connectivity index (χ3v) is 6.45. The largest absolute Gasteiger partial charge is 0.522 e. The summed E-state index contributed by atoms with van der Waals surface area (Å²) in [5.74, 6) is -0.945. The fourth-order valence-corrected chi connectivity index (χ4v) is 4.67. The first-order valence-electron chi connectivity index (χ1n) is 9.85. The Hall–Kier alpha value is -0.190. The second-order valence-electron chi connectivity index (χ2n) is 8.12. The summed E-state index contributed by atoms with van der Waals surface area (Å²) in [5.41, 5.74) is 0. The van der Waals surface area contributed by atoms with Crippen molar-refractivity contribution in [2.24, 2.45) is 17.8 Å². The molecule has 2 aliphatic carbocycles. The molecule has 0 radical (unpaired) electrons. The standard InChI is InChI=1S/C18H29F6NO2S/c19-17(20,21)13-5-1-11(2-6-13)9-15(28)16(26)25-10-12-3-7-14(8-4-12)27-18(22,23)24/h11-16,25-26,28H,1-10H2. The zero-order valence-electron chi connectivity index (χ0n) is 15.6. The number of aliphatic hydroxyl groups is 1. The average Bonchev–Trinajstić information content (AvgIpc) is 2.59. The normalized spacial score (nSPS) is 32.1. The van der Waals surface area contributed by atoms with Crippen molar-refractivity contribution in [1.82, 2.24) is 5.32 Å². The van der Waals surface area contributed by atoms with Crippen LogP contribution in [0.25, 0.3) is 0 Å². The number of hydrogen-bond acceptors (Lipinski definition) is 4. The minimum atomic E-state index is -4.61. The molecular formula is C18H29F6NO2S. The minimum Gasteiger partial charge on any atom is -0.377 e. The van der Waals surface area contributed by atoms with Crippen LogP contribution >= 0.6 is 12.6 Å². The average molecular weight is 437 g/mol. The van der Waals surface area contributed by atoms with Crippen molar-refractivity contribution in [2.45, 2.75) is 87.9 Å². The highest BCUT2D eigenvalue weighted by Gasteiger charge is 2.41. The molecule has 28 heavy (non-hydrogen) atoms. The van der Waals surface area contributed by atoms with Crippen LogP contribution in [0, 0.1) is 17.8 Å². The van der Waals surface area contributed by atoms with Crippen LogP contribution in [0.15, 0.2) is 0 Å². The van der Waals surface area contributed by atoms with E-state index in [2.05, 4.69) is 22.7 Å². The van der Waals surface area contributed by atoms with Gasteiger partial charge in [-0.25, -0.2) is 0 Å². The Bertz CT molecular complexity index is 460. The molecule has 2 N–H and O–H groups in total. The summed E-state index contributed by atoms with van der Waals surface area (Å²) in [6.45, 7) is 0.470. The molecule has 2 aliphatic rings. The van der Waals surface area contributed by atoms with Gasteiger partial charge in [0.25, 0.3) is 0 Å². The van der Waals surface area contributed by atoms with Crippen molar-refractivity contribution >= 4 is 12.6 Å². The smallest absolute Gasteiger partial charge is 0.377 e. The maximum absolute atomic E-state index is 12.7. The minimum absolute atomic E-state index is 0.118. The molecule has 2 unspecified atom stereocenters. The van der Waals surface area contributed by atoms with E-state index >= 15 is 0 Å². The van der Waals surface area contributed by atoms with Gasteiger partial charge in [-0.1, -0.05) is 0 Å². The lowest BCUT2D eigenvalue weighted by Crippen LogP contribution is -2.42. The Morgan fingerprint density at radius 1 is 0.893 bits per heavy atom. The third kappa shape index (κ3) is 8.28. The second-order valence-corrected chi connectivity index (χ2v) is 8.79. The monoisotopic (exact) mass is 437 g/mol. The van der Waals surface area contributed by atoms with Gasteiger partial charge in [-0.2, -0.15) is 25.8 Å². The van der Waals surface area contributed by atoms with Gasteiger partial charge in [0, 0.05) is 11.8 Å². The van der Waals surface area contributed by atoms with Gasteiger partial charge < -0.3 is 5.11 Å². The topological polar surface area (TPSA) is 41.5 Å². The highest BCUT2D eigenvalue weighted by Crippen LogP contribution is 2.41. The highest BCUT2D eigenvalue weighted by atomic mass is 32.1. The molecule has 166 valence electrons. The Kier molecular flexibility index (Phi) is 8.79. The first kappa shape index (κ1) is 24.1. The van der Waals surface area contributed by atoms with E-state index in [0.29, 0.717) is 51.5 Å². The number of alkyl halides is 6. The Labute approximate surface area is 167 Å². The van der Waals surface area contributed by atoms with E-state index in [4.69, 9.17) is 0 Å². The summed E-state index contributed by atoms with van der Waals surface area (Å²) < 4.78 is 78.9. The molecule has 0 amide bonds. The van der Waals surface area contributed by atoms with E-state index in [1.807, 2.05) is 0 Å². The van der Waals surface area contributed by atoms with Crippen LogP contribution in [0.2, 0.25) is 0 Å².